The molecule has 0 bridgehead atoms. The molecule has 0 N–H and O–H groups in total. The van der Waals surface area contributed by atoms with E-state index in [1.54, 1.807) is 6.07 Å². The molecule has 254 valence electrons. The van der Waals surface area contributed by atoms with E-state index in [2.05, 4.69) is 78.9 Å². The number of aromatic nitrogens is 3. The minimum Gasteiger partial charge on any atom is -0.455 e. The predicted octanol–water partition coefficient (Wildman–Crippen LogP) is 12.2. The average molecular weight is 702 g/mol. The largest absolute Gasteiger partial charge is 0.455 e. The zero-order chi connectivity index (χ0) is 36.9. The Hall–Kier alpha value is -7.93. The molecule has 0 aliphatic rings. The Morgan fingerprint density at radius 3 is 1.44 bits per heavy atom. The highest BCUT2D eigenvalue weighted by atomic mass is 16.3. The highest BCUT2D eigenvalue weighted by Crippen LogP contribution is 2.43. The van der Waals surface area contributed by atoms with Gasteiger partial charge in [-0.05, 0) is 74.8 Å². The van der Waals surface area contributed by atoms with Gasteiger partial charge in [-0.1, -0.05) is 127 Å². The molecule has 0 aliphatic carbocycles. The van der Waals surface area contributed by atoms with Crippen LogP contribution in [0.15, 0.2) is 168 Å². The number of furan rings is 1. The van der Waals surface area contributed by atoms with E-state index in [-0.39, 0.29) is 0 Å². The van der Waals surface area contributed by atoms with Crippen molar-refractivity contribution in [2.75, 3.05) is 0 Å². The highest BCUT2D eigenvalue weighted by Gasteiger charge is 2.18. The maximum Gasteiger partial charge on any atom is 0.164 e. The smallest absolute Gasteiger partial charge is 0.164 e. The molecule has 6 heteroatoms. The van der Waals surface area contributed by atoms with Gasteiger partial charge in [0.2, 0.25) is 0 Å². The molecule has 0 radical (unpaired) electrons. The van der Waals surface area contributed by atoms with Gasteiger partial charge < -0.3 is 4.42 Å². The summed E-state index contributed by atoms with van der Waals surface area (Å²) in [5.74, 6) is 1.86. The van der Waals surface area contributed by atoms with Gasteiger partial charge in [-0.3, -0.25) is 0 Å². The van der Waals surface area contributed by atoms with Crippen LogP contribution in [0.1, 0.15) is 11.1 Å². The van der Waals surface area contributed by atoms with Crippen LogP contribution in [0.4, 0.5) is 0 Å². The zero-order valence-corrected chi connectivity index (χ0v) is 29.2. The van der Waals surface area contributed by atoms with E-state index in [1.807, 2.05) is 91.0 Å². The molecule has 0 unspecified atom stereocenters. The van der Waals surface area contributed by atoms with Crippen LogP contribution in [-0.2, 0) is 0 Å². The third-order valence-corrected chi connectivity index (χ3v) is 10.1. The van der Waals surface area contributed by atoms with Crippen LogP contribution in [0.2, 0.25) is 0 Å². The number of hydrogen-bond donors (Lipinski definition) is 0. The Morgan fingerprint density at radius 2 is 0.836 bits per heavy atom. The van der Waals surface area contributed by atoms with Crippen molar-refractivity contribution >= 4 is 43.5 Å². The van der Waals surface area contributed by atoms with Crippen LogP contribution < -0.4 is 0 Å². The first-order valence-electron chi connectivity index (χ1n) is 17.9. The van der Waals surface area contributed by atoms with E-state index in [0.29, 0.717) is 28.6 Å². The molecule has 2 aromatic heterocycles. The lowest BCUT2D eigenvalue weighted by atomic mass is 9.91. The second-order valence-electron chi connectivity index (χ2n) is 13.5. The average Bonchev–Trinajstić information content (AvgIpc) is 3.67. The molecule has 0 atom stereocenters. The summed E-state index contributed by atoms with van der Waals surface area (Å²) in [7, 11) is 0. The standard InChI is InChI=1S/C49H27N5O/c50-28-30-23-31(29-51)25-38(24-30)37-20-21-39-40-22-19-36(27-43(40)46-45(42(39)26-37)41-13-7-8-14-44(41)55-46)32-15-17-35(18-16-32)49-53-47(33-9-3-1-4-10-33)52-48(54-49)34-11-5-2-6-12-34/h1-27H. The summed E-state index contributed by atoms with van der Waals surface area (Å²) in [6.07, 6.45) is 0. The van der Waals surface area contributed by atoms with E-state index in [1.165, 1.54) is 0 Å². The quantitative estimate of drug-likeness (QED) is 0.166. The van der Waals surface area contributed by atoms with Gasteiger partial charge in [-0.2, -0.15) is 10.5 Å². The van der Waals surface area contributed by atoms with Gasteiger partial charge in [0.25, 0.3) is 0 Å². The van der Waals surface area contributed by atoms with Crippen molar-refractivity contribution in [1.29, 1.82) is 10.5 Å². The SMILES string of the molecule is N#Cc1cc(C#N)cc(-c2ccc3c4ccc(-c5ccc(-c6nc(-c7ccccc7)nc(-c7ccccc7)n6)cc5)cc4c4oc5ccccc5c4c3c2)c1. The number of para-hydroxylation sites is 1. The topological polar surface area (TPSA) is 99.4 Å². The highest BCUT2D eigenvalue weighted by molar-refractivity contribution is 6.30. The van der Waals surface area contributed by atoms with E-state index >= 15 is 0 Å². The van der Waals surface area contributed by atoms with E-state index in [0.717, 1.165) is 82.4 Å². The molecule has 10 rings (SSSR count). The molecule has 2 heterocycles. The van der Waals surface area contributed by atoms with E-state index in [4.69, 9.17) is 19.4 Å². The van der Waals surface area contributed by atoms with Crippen LogP contribution in [0.3, 0.4) is 0 Å². The Balaban J connectivity index is 1.10. The number of fused-ring (bicyclic) bond motifs is 8. The van der Waals surface area contributed by atoms with Crippen molar-refractivity contribution in [2.24, 2.45) is 0 Å². The van der Waals surface area contributed by atoms with E-state index in [9.17, 15) is 10.5 Å². The van der Waals surface area contributed by atoms with Gasteiger partial charge in [0.05, 0.1) is 23.3 Å². The predicted molar refractivity (Wildman–Crippen MR) is 219 cm³/mol. The lowest BCUT2D eigenvalue weighted by Gasteiger charge is -2.12. The second-order valence-corrected chi connectivity index (χ2v) is 13.5. The molecule has 0 saturated carbocycles. The molecule has 0 fully saturated rings. The fourth-order valence-corrected chi connectivity index (χ4v) is 7.49. The van der Waals surface area contributed by atoms with Crippen LogP contribution >= 0.6 is 0 Å². The van der Waals surface area contributed by atoms with E-state index < -0.39 is 0 Å². The molecule has 6 nitrogen and oxygen atoms in total. The summed E-state index contributed by atoms with van der Waals surface area (Å²) in [5, 5.41) is 25.6. The third kappa shape index (κ3) is 5.54. The number of nitrogens with zero attached hydrogens (tertiary/aromatic N) is 5. The first-order chi connectivity index (χ1) is 27.1. The molecular weight excluding hydrogens is 675 g/mol. The lowest BCUT2D eigenvalue weighted by Crippen LogP contribution is -2.00. The van der Waals surface area contributed by atoms with Crippen molar-refractivity contribution in [1.82, 2.24) is 15.0 Å². The van der Waals surface area contributed by atoms with Gasteiger partial charge in [0, 0.05) is 32.8 Å². The Morgan fingerprint density at radius 1 is 0.364 bits per heavy atom. The normalized spacial score (nSPS) is 11.2. The molecule has 0 spiro atoms. The monoisotopic (exact) mass is 701 g/mol. The van der Waals surface area contributed by atoms with Crippen molar-refractivity contribution < 1.29 is 4.42 Å². The van der Waals surface area contributed by atoms with Crippen molar-refractivity contribution in [3.63, 3.8) is 0 Å². The molecular formula is C49H27N5O. The first kappa shape index (κ1) is 31.8. The molecule has 10 aromatic rings. The lowest BCUT2D eigenvalue weighted by molar-refractivity contribution is 0.673. The van der Waals surface area contributed by atoms with Crippen LogP contribution in [0, 0.1) is 22.7 Å². The number of benzene rings is 8. The van der Waals surface area contributed by atoms with Gasteiger partial charge in [0.1, 0.15) is 11.2 Å². The molecule has 8 aromatic carbocycles. The number of hydrogen-bond acceptors (Lipinski definition) is 6. The maximum atomic E-state index is 9.64. The number of rotatable bonds is 5. The summed E-state index contributed by atoms with van der Waals surface area (Å²) >= 11 is 0. The molecule has 0 saturated heterocycles. The van der Waals surface area contributed by atoms with Crippen LogP contribution in [0.5, 0.6) is 0 Å². The summed E-state index contributed by atoms with van der Waals surface area (Å²) in [6, 6.07) is 59.0. The summed E-state index contributed by atoms with van der Waals surface area (Å²) in [4.78, 5) is 14.6. The Kier molecular flexibility index (Phi) is 7.47. The summed E-state index contributed by atoms with van der Waals surface area (Å²) in [6.45, 7) is 0. The Labute approximate surface area is 315 Å². The van der Waals surface area contributed by atoms with Gasteiger partial charge in [0.15, 0.2) is 17.5 Å². The Bertz CT molecular complexity index is 3120. The van der Waals surface area contributed by atoms with Crippen molar-refractivity contribution in [3.05, 3.63) is 175 Å². The van der Waals surface area contributed by atoms with Gasteiger partial charge in [-0.15, -0.1) is 0 Å². The van der Waals surface area contributed by atoms with Crippen LogP contribution in [-0.4, -0.2) is 15.0 Å². The minimum atomic E-state index is 0.453. The maximum absolute atomic E-state index is 9.64. The molecule has 0 aliphatic heterocycles. The second kappa shape index (κ2) is 12.9. The number of nitriles is 2. The van der Waals surface area contributed by atoms with Gasteiger partial charge in [-0.25, -0.2) is 15.0 Å². The first-order valence-corrected chi connectivity index (χ1v) is 17.9. The van der Waals surface area contributed by atoms with Crippen molar-refractivity contribution in [3.8, 4) is 68.6 Å². The van der Waals surface area contributed by atoms with Crippen molar-refractivity contribution in [2.45, 2.75) is 0 Å². The fourth-order valence-electron chi connectivity index (χ4n) is 7.49. The summed E-state index contributed by atoms with van der Waals surface area (Å²) in [5.41, 5.74) is 9.14. The molecule has 0 amide bonds. The minimum absolute atomic E-state index is 0.453. The molecule has 55 heavy (non-hydrogen) atoms. The van der Waals surface area contributed by atoms with Crippen LogP contribution in [0.25, 0.3) is 99.9 Å². The third-order valence-electron chi connectivity index (χ3n) is 10.1. The zero-order valence-electron chi connectivity index (χ0n) is 29.2. The fraction of sp³-hybridized carbons (Fsp3) is 0. The van der Waals surface area contributed by atoms with Gasteiger partial charge >= 0.3 is 0 Å². The summed E-state index contributed by atoms with van der Waals surface area (Å²) < 4.78 is 6.65.